The first-order valence-electron chi connectivity index (χ1n) is 9.52. The number of allylic oxidation sites excluding steroid dienone is 4. The summed E-state index contributed by atoms with van der Waals surface area (Å²) < 4.78 is 11.1. The number of aliphatic carboxylic acids is 1. The molecule has 0 bridgehead atoms. The lowest BCUT2D eigenvalue weighted by atomic mass is 9.98. The topological polar surface area (TPSA) is 84.9 Å². The van der Waals surface area contributed by atoms with Crippen LogP contribution in [-0.4, -0.2) is 30.7 Å². The van der Waals surface area contributed by atoms with Crippen LogP contribution in [0, 0.1) is 0 Å². The number of carboxylic acid groups (broad SMARTS) is 1. The molecule has 6 heteroatoms. The van der Waals surface area contributed by atoms with Gasteiger partial charge < -0.3 is 19.9 Å². The molecule has 0 fully saturated rings. The fourth-order valence-electron chi connectivity index (χ4n) is 3.58. The molecule has 2 aliphatic carbocycles. The van der Waals surface area contributed by atoms with Gasteiger partial charge in [-0.25, -0.2) is 4.79 Å². The maximum Gasteiger partial charge on any atom is 0.332 e. The maximum atomic E-state index is 12.6. The van der Waals surface area contributed by atoms with E-state index in [1.54, 1.807) is 13.2 Å². The highest BCUT2D eigenvalue weighted by Gasteiger charge is 2.26. The number of carboxylic acids is 1. The lowest BCUT2D eigenvalue weighted by Gasteiger charge is -2.16. The van der Waals surface area contributed by atoms with Crippen LogP contribution in [0.2, 0.25) is 0 Å². The molecule has 0 saturated heterocycles. The van der Waals surface area contributed by atoms with Gasteiger partial charge in [0.1, 0.15) is 5.75 Å². The second-order valence-corrected chi connectivity index (χ2v) is 6.73. The van der Waals surface area contributed by atoms with Crippen molar-refractivity contribution in [2.75, 3.05) is 19.0 Å². The van der Waals surface area contributed by atoms with Gasteiger partial charge in [0.15, 0.2) is 0 Å². The molecule has 0 radical (unpaired) electrons. The van der Waals surface area contributed by atoms with Crippen LogP contribution >= 0.6 is 0 Å². The first-order valence-corrected chi connectivity index (χ1v) is 9.52. The molecule has 28 heavy (non-hydrogen) atoms. The number of carbonyl (C=O) groups excluding carboxylic acids is 1. The van der Waals surface area contributed by atoms with Crippen LogP contribution in [0.25, 0.3) is 5.57 Å². The van der Waals surface area contributed by atoms with E-state index in [4.69, 9.17) is 9.47 Å². The quantitative estimate of drug-likeness (QED) is 0.733. The molecular weight excluding hydrogens is 358 g/mol. The average Bonchev–Trinajstić information content (AvgIpc) is 3.19. The van der Waals surface area contributed by atoms with Gasteiger partial charge in [-0.05, 0) is 62.0 Å². The molecular formula is C22H25NO5. The highest BCUT2D eigenvalue weighted by atomic mass is 16.5. The van der Waals surface area contributed by atoms with Gasteiger partial charge in [0.2, 0.25) is 0 Å². The summed E-state index contributed by atoms with van der Waals surface area (Å²) in [4.78, 5) is 23.9. The Balaban J connectivity index is 1.83. The number of hydrogen-bond acceptors (Lipinski definition) is 4. The first kappa shape index (κ1) is 19.7. The third kappa shape index (κ3) is 4.27. The summed E-state index contributed by atoms with van der Waals surface area (Å²) in [6, 6.07) is 5.57. The van der Waals surface area contributed by atoms with Crippen molar-refractivity contribution in [1.82, 2.24) is 0 Å². The Kier molecular flexibility index (Phi) is 6.19. The largest absolute Gasteiger partial charge is 0.498 e. The zero-order chi connectivity index (χ0) is 20.1. The highest BCUT2D eigenvalue weighted by molar-refractivity contribution is 6.09. The van der Waals surface area contributed by atoms with Gasteiger partial charge in [0.05, 0.1) is 25.2 Å². The smallest absolute Gasteiger partial charge is 0.332 e. The monoisotopic (exact) mass is 383 g/mol. The van der Waals surface area contributed by atoms with Gasteiger partial charge in [-0.2, -0.15) is 0 Å². The van der Waals surface area contributed by atoms with Crippen LogP contribution in [0.3, 0.4) is 0 Å². The molecule has 0 atom stereocenters. The number of methoxy groups -OCH3 is 1. The fourth-order valence-corrected chi connectivity index (χ4v) is 3.58. The Morgan fingerprint density at radius 2 is 1.96 bits per heavy atom. The molecule has 1 aromatic carbocycles. The van der Waals surface area contributed by atoms with E-state index in [0.717, 1.165) is 29.7 Å². The minimum atomic E-state index is -1.02. The molecule has 0 unspecified atom stereocenters. The van der Waals surface area contributed by atoms with Gasteiger partial charge in [0, 0.05) is 17.6 Å². The van der Waals surface area contributed by atoms with Crippen LogP contribution in [0.1, 0.15) is 44.6 Å². The van der Waals surface area contributed by atoms with Crippen LogP contribution in [0.15, 0.2) is 47.3 Å². The van der Waals surface area contributed by atoms with Crippen LogP contribution in [0.4, 0.5) is 5.69 Å². The third-order valence-electron chi connectivity index (χ3n) is 4.93. The SMILES string of the molecule is CCOC1=CC(c2ccc(NC(=O)C3=C(C(=O)O)CCC3)c(OC)c2)=CCC1. The highest BCUT2D eigenvalue weighted by Crippen LogP contribution is 2.33. The molecule has 0 aromatic heterocycles. The second-order valence-electron chi connectivity index (χ2n) is 6.73. The third-order valence-corrected chi connectivity index (χ3v) is 4.93. The fraction of sp³-hybridized carbons (Fsp3) is 0.364. The Morgan fingerprint density at radius 3 is 2.68 bits per heavy atom. The number of rotatable bonds is 7. The summed E-state index contributed by atoms with van der Waals surface area (Å²) in [6.07, 6.45) is 7.57. The van der Waals surface area contributed by atoms with E-state index in [2.05, 4.69) is 11.4 Å². The number of ether oxygens (including phenoxy) is 2. The van der Waals surface area contributed by atoms with Crippen molar-refractivity contribution in [2.24, 2.45) is 0 Å². The van der Waals surface area contributed by atoms with Gasteiger partial charge in [-0.15, -0.1) is 0 Å². The van der Waals surface area contributed by atoms with E-state index in [1.165, 1.54) is 0 Å². The standard InChI is InChI=1S/C22H25NO5/c1-3-28-16-7-4-6-14(12-16)15-10-11-19(20(13-15)27-2)23-21(24)17-8-5-9-18(17)22(25)26/h6,10-13H,3-5,7-9H2,1-2H3,(H,23,24)(H,25,26). The molecule has 0 heterocycles. The summed E-state index contributed by atoms with van der Waals surface area (Å²) in [5, 5.41) is 12.1. The Bertz CT molecular complexity index is 879. The van der Waals surface area contributed by atoms with E-state index in [9.17, 15) is 14.7 Å². The molecule has 2 N–H and O–H groups in total. The van der Waals surface area contributed by atoms with Gasteiger partial charge in [0.25, 0.3) is 5.91 Å². The van der Waals surface area contributed by atoms with Crippen LogP contribution in [0.5, 0.6) is 5.75 Å². The molecule has 1 aromatic rings. The Morgan fingerprint density at radius 1 is 1.18 bits per heavy atom. The van der Waals surface area contributed by atoms with Crippen molar-refractivity contribution in [1.29, 1.82) is 0 Å². The van der Waals surface area contributed by atoms with Crippen molar-refractivity contribution in [3.05, 3.63) is 52.8 Å². The number of benzene rings is 1. The normalized spacial score (nSPS) is 16.4. The molecule has 0 aliphatic heterocycles. The number of anilines is 1. The van der Waals surface area contributed by atoms with Gasteiger partial charge >= 0.3 is 5.97 Å². The van der Waals surface area contributed by atoms with Crippen molar-refractivity contribution >= 4 is 23.1 Å². The van der Waals surface area contributed by atoms with E-state index >= 15 is 0 Å². The van der Waals surface area contributed by atoms with E-state index in [-0.39, 0.29) is 11.5 Å². The first-order chi connectivity index (χ1) is 13.5. The van der Waals surface area contributed by atoms with E-state index in [0.29, 0.717) is 42.9 Å². The summed E-state index contributed by atoms with van der Waals surface area (Å²) in [5.41, 5.74) is 3.09. The lowest BCUT2D eigenvalue weighted by Crippen LogP contribution is -2.17. The van der Waals surface area contributed by atoms with Crippen molar-refractivity contribution in [3.63, 3.8) is 0 Å². The summed E-state index contributed by atoms with van der Waals surface area (Å²) in [6.45, 7) is 2.61. The number of amides is 1. The predicted molar refractivity (Wildman–Crippen MR) is 107 cm³/mol. The molecule has 3 rings (SSSR count). The zero-order valence-corrected chi connectivity index (χ0v) is 16.2. The van der Waals surface area contributed by atoms with Gasteiger partial charge in [-0.3, -0.25) is 4.79 Å². The summed E-state index contributed by atoms with van der Waals surface area (Å²) in [5.74, 6) is 0.0901. The molecule has 2 aliphatic rings. The van der Waals surface area contributed by atoms with Crippen molar-refractivity contribution in [3.8, 4) is 5.75 Å². The zero-order valence-electron chi connectivity index (χ0n) is 16.2. The molecule has 0 saturated carbocycles. The average molecular weight is 383 g/mol. The summed E-state index contributed by atoms with van der Waals surface area (Å²) >= 11 is 0. The number of nitrogens with one attached hydrogen (secondary N) is 1. The maximum absolute atomic E-state index is 12.6. The molecule has 148 valence electrons. The minimum absolute atomic E-state index is 0.203. The van der Waals surface area contributed by atoms with Crippen LogP contribution < -0.4 is 10.1 Å². The lowest BCUT2D eigenvalue weighted by molar-refractivity contribution is -0.133. The summed E-state index contributed by atoms with van der Waals surface area (Å²) in [7, 11) is 1.54. The van der Waals surface area contributed by atoms with E-state index in [1.807, 2.05) is 25.1 Å². The molecule has 0 spiro atoms. The second kappa shape index (κ2) is 8.78. The van der Waals surface area contributed by atoms with Gasteiger partial charge in [-0.1, -0.05) is 12.1 Å². The predicted octanol–water partition coefficient (Wildman–Crippen LogP) is 4.30. The molecule has 6 nitrogen and oxygen atoms in total. The molecule has 1 amide bonds. The Labute approximate surface area is 164 Å². The van der Waals surface area contributed by atoms with Crippen molar-refractivity contribution < 1.29 is 24.2 Å². The number of hydrogen-bond donors (Lipinski definition) is 2. The Hall–Kier alpha value is -3.02. The van der Waals surface area contributed by atoms with E-state index < -0.39 is 5.97 Å². The van der Waals surface area contributed by atoms with Crippen LogP contribution in [-0.2, 0) is 14.3 Å². The van der Waals surface area contributed by atoms with Crippen molar-refractivity contribution in [2.45, 2.75) is 39.0 Å². The number of carbonyl (C=O) groups is 2. The minimum Gasteiger partial charge on any atom is -0.498 e.